The molecule has 2 atom stereocenters. The van der Waals surface area contributed by atoms with Crippen molar-refractivity contribution in [3.8, 4) is 11.5 Å². The van der Waals surface area contributed by atoms with E-state index < -0.39 is 28.3 Å². The number of nitrogens with zero attached hydrogens (tertiary/aromatic N) is 2. The maximum absolute atomic E-state index is 13.0. The Morgan fingerprint density at radius 1 is 1.03 bits per heavy atom. The molecule has 32 heavy (non-hydrogen) atoms. The zero-order chi connectivity index (χ0) is 23.3. The zero-order valence-electron chi connectivity index (χ0n) is 18.4. The Bertz CT molecular complexity index is 1020. The van der Waals surface area contributed by atoms with Gasteiger partial charge in [0.2, 0.25) is 10.0 Å². The monoisotopic (exact) mass is 463 g/mol. The molecule has 9 nitrogen and oxygen atoms in total. The lowest BCUT2D eigenvalue weighted by atomic mass is 10.2. The van der Waals surface area contributed by atoms with Gasteiger partial charge in [0, 0.05) is 44.9 Å². The van der Waals surface area contributed by atoms with Crippen LogP contribution in [0.4, 0.5) is 5.69 Å². The molecule has 1 saturated heterocycles. The number of nitrogens with two attached hydrogens (primary N) is 1. The molecule has 2 aromatic rings. The molecule has 174 valence electrons. The van der Waals surface area contributed by atoms with Crippen molar-refractivity contribution in [1.29, 1.82) is 0 Å². The summed E-state index contributed by atoms with van der Waals surface area (Å²) in [6.07, 6.45) is -1.16. The normalized spacial score (nSPS) is 17.3. The van der Waals surface area contributed by atoms with Crippen LogP contribution in [0, 0.1) is 0 Å². The molecule has 1 heterocycles. The molecule has 1 fully saturated rings. The van der Waals surface area contributed by atoms with Crippen molar-refractivity contribution in [2.75, 3.05) is 39.0 Å². The summed E-state index contributed by atoms with van der Waals surface area (Å²) >= 11 is 0. The SMILES string of the molecule is COc1ccc(S(=O)(=O)N2CCN(C(Oc3cccc(N)c3)C(C)OC(C)=O)CC2)cc1. The van der Waals surface area contributed by atoms with Gasteiger partial charge in [0.05, 0.1) is 12.0 Å². The fourth-order valence-electron chi connectivity index (χ4n) is 3.61. The molecule has 0 aromatic heterocycles. The van der Waals surface area contributed by atoms with Crippen molar-refractivity contribution in [2.24, 2.45) is 0 Å². The predicted molar refractivity (Wildman–Crippen MR) is 120 cm³/mol. The minimum atomic E-state index is -3.63. The molecule has 2 N–H and O–H groups in total. The van der Waals surface area contributed by atoms with Crippen LogP contribution in [0.3, 0.4) is 0 Å². The molecule has 1 aliphatic rings. The van der Waals surface area contributed by atoms with Crippen molar-refractivity contribution < 1.29 is 27.4 Å². The predicted octanol–water partition coefficient (Wildman–Crippen LogP) is 1.94. The van der Waals surface area contributed by atoms with Crippen LogP contribution < -0.4 is 15.2 Å². The van der Waals surface area contributed by atoms with Crippen molar-refractivity contribution in [1.82, 2.24) is 9.21 Å². The van der Waals surface area contributed by atoms with Crippen molar-refractivity contribution >= 4 is 21.7 Å². The number of anilines is 1. The van der Waals surface area contributed by atoms with Crippen LogP contribution in [0.25, 0.3) is 0 Å². The molecule has 0 bridgehead atoms. The molecular weight excluding hydrogens is 434 g/mol. The van der Waals surface area contributed by atoms with Gasteiger partial charge >= 0.3 is 5.97 Å². The number of carbonyl (C=O) groups excluding carboxylic acids is 1. The van der Waals surface area contributed by atoms with Crippen molar-refractivity contribution in [2.45, 2.75) is 31.1 Å². The molecule has 0 saturated carbocycles. The van der Waals surface area contributed by atoms with Crippen molar-refractivity contribution in [3.05, 3.63) is 48.5 Å². The number of piperazine rings is 1. The summed E-state index contributed by atoms with van der Waals surface area (Å²) < 4.78 is 44.1. The lowest BCUT2D eigenvalue weighted by molar-refractivity contribution is -0.158. The molecule has 0 spiro atoms. The largest absolute Gasteiger partial charge is 0.497 e. The number of benzene rings is 2. The van der Waals surface area contributed by atoms with Gasteiger partial charge in [-0.15, -0.1) is 0 Å². The summed E-state index contributed by atoms with van der Waals surface area (Å²) in [5, 5.41) is 0. The highest BCUT2D eigenvalue weighted by Gasteiger charge is 2.35. The Morgan fingerprint density at radius 2 is 1.69 bits per heavy atom. The molecule has 3 rings (SSSR count). The lowest BCUT2D eigenvalue weighted by Gasteiger charge is -2.40. The van der Waals surface area contributed by atoms with E-state index in [4.69, 9.17) is 19.9 Å². The number of hydrogen-bond acceptors (Lipinski definition) is 8. The number of hydrogen-bond donors (Lipinski definition) is 1. The average Bonchev–Trinajstić information content (AvgIpc) is 2.77. The summed E-state index contributed by atoms with van der Waals surface area (Å²) in [5.74, 6) is 0.719. The van der Waals surface area contributed by atoms with Crippen LogP contribution in [-0.2, 0) is 19.6 Å². The van der Waals surface area contributed by atoms with Gasteiger partial charge in [-0.05, 0) is 43.3 Å². The number of sulfonamides is 1. The van der Waals surface area contributed by atoms with E-state index in [0.29, 0.717) is 30.3 Å². The van der Waals surface area contributed by atoms with Crippen LogP contribution >= 0.6 is 0 Å². The third-order valence-corrected chi connectivity index (χ3v) is 7.11. The van der Waals surface area contributed by atoms with Gasteiger partial charge in [0.1, 0.15) is 17.6 Å². The van der Waals surface area contributed by atoms with Gasteiger partial charge in [0.25, 0.3) is 0 Å². The van der Waals surface area contributed by atoms with E-state index in [1.165, 1.54) is 30.5 Å². The number of nitrogen functional groups attached to an aromatic ring is 1. The molecule has 0 aliphatic carbocycles. The van der Waals surface area contributed by atoms with Crippen LogP contribution in [0.15, 0.2) is 53.4 Å². The molecule has 0 radical (unpaired) electrons. The van der Waals surface area contributed by atoms with E-state index in [1.807, 2.05) is 4.90 Å². The second-order valence-corrected chi connectivity index (χ2v) is 9.45. The third kappa shape index (κ3) is 5.70. The molecule has 1 aliphatic heterocycles. The Hall–Kier alpha value is -2.82. The highest BCUT2D eigenvalue weighted by Crippen LogP contribution is 2.24. The van der Waals surface area contributed by atoms with Crippen LogP contribution in [0.5, 0.6) is 11.5 Å². The van der Waals surface area contributed by atoms with Crippen LogP contribution in [0.1, 0.15) is 13.8 Å². The smallest absolute Gasteiger partial charge is 0.303 e. The Balaban J connectivity index is 1.72. The fourth-order valence-corrected chi connectivity index (χ4v) is 5.03. The first kappa shape index (κ1) is 23.8. The molecule has 2 aromatic carbocycles. The van der Waals surface area contributed by atoms with Gasteiger partial charge in [-0.1, -0.05) is 6.07 Å². The molecule has 10 heteroatoms. The average molecular weight is 464 g/mol. The fraction of sp³-hybridized carbons (Fsp3) is 0.409. The summed E-state index contributed by atoms with van der Waals surface area (Å²) in [6.45, 7) is 4.46. The van der Waals surface area contributed by atoms with Gasteiger partial charge < -0.3 is 19.9 Å². The highest BCUT2D eigenvalue weighted by atomic mass is 32.2. The van der Waals surface area contributed by atoms with Gasteiger partial charge in [-0.2, -0.15) is 4.31 Å². The highest BCUT2D eigenvalue weighted by molar-refractivity contribution is 7.89. The lowest BCUT2D eigenvalue weighted by Crippen LogP contribution is -2.56. The molecule has 2 unspecified atom stereocenters. The Kier molecular flexibility index (Phi) is 7.60. The maximum atomic E-state index is 13.0. The van der Waals surface area contributed by atoms with Crippen molar-refractivity contribution in [3.63, 3.8) is 0 Å². The second kappa shape index (κ2) is 10.2. The molecular formula is C22H29N3O6S. The summed E-state index contributed by atoms with van der Waals surface area (Å²) in [6, 6.07) is 13.3. The van der Waals surface area contributed by atoms with Gasteiger partial charge in [0.15, 0.2) is 6.23 Å². The number of rotatable bonds is 8. The Morgan fingerprint density at radius 3 is 2.25 bits per heavy atom. The van der Waals surface area contributed by atoms with Gasteiger partial charge in [-0.25, -0.2) is 8.42 Å². The van der Waals surface area contributed by atoms with Crippen LogP contribution in [-0.4, -0.2) is 69.2 Å². The second-order valence-electron chi connectivity index (χ2n) is 7.51. The first-order valence-electron chi connectivity index (χ1n) is 10.3. The summed E-state index contributed by atoms with van der Waals surface area (Å²) in [5.41, 5.74) is 6.40. The van der Waals surface area contributed by atoms with E-state index >= 15 is 0 Å². The maximum Gasteiger partial charge on any atom is 0.303 e. The van der Waals surface area contributed by atoms with E-state index in [9.17, 15) is 13.2 Å². The van der Waals surface area contributed by atoms with E-state index in [0.717, 1.165) is 0 Å². The van der Waals surface area contributed by atoms with E-state index in [1.54, 1.807) is 43.3 Å². The summed E-state index contributed by atoms with van der Waals surface area (Å²) in [4.78, 5) is 13.7. The minimum absolute atomic E-state index is 0.215. The topological polar surface area (TPSA) is 111 Å². The van der Waals surface area contributed by atoms with Crippen LogP contribution in [0.2, 0.25) is 0 Å². The third-order valence-electron chi connectivity index (χ3n) is 5.20. The van der Waals surface area contributed by atoms with E-state index in [2.05, 4.69) is 0 Å². The standard InChI is InChI=1S/C22H29N3O6S/c1-16(30-17(2)26)22(31-20-6-4-5-18(23)15-20)24-11-13-25(14-12-24)32(27,28)21-9-7-19(29-3)8-10-21/h4-10,15-16,22H,11-14,23H2,1-3H3. The number of ether oxygens (including phenoxy) is 3. The summed E-state index contributed by atoms with van der Waals surface area (Å²) in [7, 11) is -2.10. The minimum Gasteiger partial charge on any atom is -0.497 e. The first-order chi connectivity index (χ1) is 15.2. The van der Waals surface area contributed by atoms with E-state index in [-0.39, 0.29) is 18.0 Å². The first-order valence-corrected chi connectivity index (χ1v) is 11.7. The quantitative estimate of drug-likeness (QED) is 0.467. The number of esters is 1. The Labute approximate surface area is 188 Å². The number of carbonyl (C=O) groups is 1. The number of methoxy groups -OCH3 is 1. The molecule has 0 amide bonds. The van der Waals surface area contributed by atoms with Gasteiger partial charge in [-0.3, -0.25) is 9.69 Å². The zero-order valence-corrected chi connectivity index (χ0v) is 19.2.